The number of nitrogens with zero attached hydrogens (tertiary/aromatic N) is 1. The normalized spacial score (nSPS) is 41.2. The van der Waals surface area contributed by atoms with Crippen LogP contribution in [0, 0.1) is 28.6 Å². The molecular weight excluding hydrogens is 574 g/mol. The molecule has 6 aliphatic rings. The first-order valence-electron chi connectivity index (χ1n) is 17.3. The van der Waals surface area contributed by atoms with Crippen LogP contribution in [-0.2, 0) is 21.4 Å². The third-order valence-corrected chi connectivity index (χ3v) is 14.1. The van der Waals surface area contributed by atoms with Crippen LogP contribution >= 0.6 is 0 Å². The van der Waals surface area contributed by atoms with E-state index in [1.165, 1.54) is 11.3 Å². The summed E-state index contributed by atoms with van der Waals surface area (Å²) < 4.78 is 8.85. The maximum absolute atomic E-state index is 14.8. The van der Waals surface area contributed by atoms with Gasteiger partial charge in [-0.15, -0.1) is 0 Å². The monoisotopic (exact) mass is 623 g/mol. The van der Waals surface area contributed by atoms with E-state index in [4.69, 9.17) is 4.74 Å². The van der Waals surface area contributed by atoms with Crippen LogP contribution in [0.1, 0.15) is 126 Å². The lowest BCUT2D eigenvalue weighted by molar-refractivity contribution is -0.145. The van der Waals surface area contributed by atoms with Crippen molar-refractivity contribution in [1.29, 1.82) is 0 Å². The molecule has 46 heavy (non-hydrogen) atoms. The minimum Gasteiger partial charge on any atom is -0.392 e. The number of ether oxygens (including phenoxy) is 1. The minimum atomic E-state index is -0.845. The Morgan fingerprint density at radius 1 is 1.09 bits per heavy atom. The third kappa shape index (κ3) is 3.34. The van der Waals surface area contributed by atoms with Crippen molar-refractivity contribution in [3.05, 3.63) is 64.4 Å². The van der Waals surface area contributed by atoms with Crippen LogP contribution < -0.4 is 0 Å². The van der Waals surface area contributed by atoms with Crippen LogP contribution in [0.15, 0.2) is 36.4 Å². The van der Waals surface area contributed by atoms with Crippen LogP contribution in [0.25, 0.3) is 16.5 Å². The second-order valence-electron chi connectivity index (χ2n) is 17.3. The molecular formula is C40H49NO5. The number of aldehydes is 1. The smallest absolute Gasteiger partial charge is 0.192 e. The fourth-order valence-corrected chi connectivity index (χ4v) is 12.4. The average Bonchev–Trinajstić information content (AvgIpc) is 3.62. The number of Topliss-reactive ketones (excluding diaryl/α,β-unsaturated/α-hetero) is 1. The fourth-order valence-electron chi connectivity index (χ4n) is 12.4. The highest BCUT2D eigenvalue weighted by atomic mass is 16.5. The summed E-state index contributed by atoms with van der Waals surface area (Å²) in [6, 6.07) is 1.78. The van der Waals surface area contributed by atoms with Gasteiger partial charge in [0.1, 0.15) is 12.3 Å². The Bertz CT molecular complexity index is 1840. The topological polar surface area (TPSA) is 88.8 Å². The zero-order valence-electron chi connectivity index (χ0n) is 28.7. The lowest BCUT2D eigenvalue weighted by Gasteiger charge is -2.64. The van der Waals surface area contributed by atoms with E-state index in [1.54, 1.807) is 6.08 Å². The van der Waals surface area contributed by atoms with E-state index in [1.807, 2.05) is 13.0 Å². The van der Waals surface area contributed by atoms with Gasteiger partial charge in [0.15, 0.2) is 5.78 Å². The van der Waals surface area contributed by atoms with Gasteiger partial charge in [-0.3, -0.25) is 9.59 Å². The largest absolute Gasteiger partial charge is 0.392 e. The van der Waals surface area contributed by atoms with E-state index < -0.39 is 34.9 Å². The zero-order valence-corrected chi connectivity index (χ0v) is 28.7. The Morgan fingerprint density at radius 2 is 1.80 bits per heavy atom. The van der Waals surface area contributed by atoms with Crippen molar-refractivity contribution in [2.24, 2.45) is 28.6 Å². The van der Waals surface area contributed by atoms with E-state index in [2.05, 4.69) is 71.8 Å². The molecule has 6 nitrogen and oxygen atoms in total. The Hall–Kier alpha value is -2.80. The first-order valence-corrected chi connectivity index (χ1v) is 17.3. The number of hydrogen-bond acceptors (Lipinski definition) is 5. The third-order valence-electron chi connectivity index (χ3n) is 14.1. The van der Waals surface area contributed by atoms with Gasteiger partial charge in [0, 0.05) is 33.4 Å². The van der Waals surface area contributed by atoms with Crippen LogP contribution in [0.2, 0.25) is 0 Å². The van der Waals surface area contributed by atoms with Gasteiger partial charge in [-0.25, -0.2) is 0 Å². The molecule has 1 aromatic heterocycles. The van der Waals surface area contributed by atoms with Crippen LogP contribution in [0.5, 0.6) is 0 Å². The predicted molar refractivity (Wildman–Crippen MR) is 180 cm³/mol. The van der Waals surface area contributed by atoms with Crippen molar-refractivity contribution < 1.29 is 24.5 Å². The second kappa shape index (κ2) is 9.00. The maximum Gasteiger partial charge on any atom is 0.192 e. The van der Waals surface area contributed by atoms with E-state index in [0.29, 0.717) is 17.9 Å². The summed E-state index contributed by atoms with van der Waals surface area (Å²) in [7, 11) is 0. The molecule has 1 aromatic carbocycles. The summed E-state index contributed by atoms with van der Waals surface area (Å²) in [6.45, 7) is 21.6. The number of carbonyl (C=O) groups excluding carboxylic acids is 2. The summed E-state index contributed by atoms with van der Waals surface area (Å²) >= 11 is 0. The number of benzene rings is 1. The lowest BCUT2D eigenvalue weighted by Crippen LogP contribution is -2.62. The first kappa shape index (κ1) is 30.5. The van der Waals surface area contributed by atoms with Gasteiger partial charge in [-0.05, 0) is 119 Å². The van der Waals surface area contributed by atoms with E-state index in [0.717, 1.165) is 65.1 Å². The molecule has 8 rings (SSSR count). The molecule has 0 bridgehead atoms. The van der Waals surface area contributed by atoms with Crippen LogP contribution in [0.4, 0.5) is 0 Å². The fraction of sp³-hybridized carbons (Fsp3) is 0.600. The Balaban J connectivity index is 1.42. The lowest BCUT2D eigenvalue weighted by atomic mass is 9.40. The number of allylic oxidation sites excluding steroid dienone is 2. The maximum atomic E-state index is 14.8. The number of carbonyl (C=O) groups is 2. The number of aliphatic hydroxyl groups is 2. The zero-order chi connectivity index (χ0) is 33.1. The predicted octanol–water partition coefficient (Wildman–Crippen LogP) is 7.35. The molecule has 0 saturated heterocycles. The van der Waals surface area contributed by atoms with E-state index in [-0.39, 0.29) is 28.4 Å². The van der Waals surface area contributed by atoms with Crippen LogP contribution in [0.3, 0.4) is 0 Å². The van der Waals surface area contributed by atoms with Gasteiger partial charge in [0.05, 0.1) is 34.5 Å². The minimum absolute atomic E-state index is 0.0332. The van der Waals surface area contributed by atoms with Gasteiger partial charge < -0.3 is 19.5 Å². The van der Waals surface area contributed by atoms with Gasteiger partial charge in [-0.2, -0.15) is 0 Å². The molecule has 2 aliphatic heterocycles. The molecule has 9 atom stereocenters. The van der Waals surface area contributed by atoms with Crippen molar-refractivity contribution in [3.63, 3.8) is 0 Å². The average molecular weight is 624 g/mol. The molecule has 2 saturated carbocycles. The highest BCUT2D eigenvalue weighted by molar-refractivity contribution is 6.18. The summed E-state index contributed by atoms with van der Waals surface area (Å²) in [5.41, 5.74) is 5.80. The van der Waals surface area contributed by atoms with Crippen molar-refractivity contribution in [3.8, 4) is 0 Å². The first-order chi connectivity index (χ1) is 21.4. The number of aliphatic hydroxyl groups excluding tert-OH is 2. The summed E-state index contributed by atoms with van der Waals surface area (Å²) in [5.74, 6) is 0.341. The molecule has 4 aliphatic carbocycles. The molecule has 0 amide bonds. The number of ketones is 1. The van der Waals surface area contributed by atoms with Crippen molar-refractivity contribution in [2.75, 3.05) is 0 Å². The molecule has 2 N–H and O–H groups in total. The number of fused-ring (bicyclic) bond motifs is 11. The quantitative estimate of drug-likeness (QED) is 0.212. The Morgan fingerprint density at radius 3 is 2.48 bits per heavy atom. The van der Waals surface area contributed by atoms with E-state index >= 15 is 0 Å². The summed E-state index contributed by atoms with van der Waals surface area (Å²) in [5, 5.41) is 24.7. The standard InChI is InChI=1S/C40H49NO5/c1-20(2)31-34(45)29-28-22(25-19-36(3,4)46-37(5,6)30(25)33(28)44)18-23-24-17-21-11-12-26-38(7,14-10-16-42)27(43)13-15-39(26,8)40(21,9)35(24)41(31)32(23)29/h10,14,16,18-19,21,26-27,30-31,33,43-44H,1,11-13,15,17H2,2-9H3/b14-10+/t21?,26?,27-,30?,31-,33+,38-,39-,40?/m0/s1. The number of rotatable bonds is 3. The Kier molecular flexibility index (Phi) is 5.97. The molecule has 2 aromatic rings. The Labute approximate surface area is 272 Å². The van der Waals surface area contributed by atoms with Gasteiger partial charge >= 0.3 is 0 Å². The SMILES string of the molecule is C=C(C)[C@H]1C(=O)c2c3c(cc4c5c(n1c24)C1(C)C(CCC2[C@](C)(/C=C/C=O)[C@@H](O)CC[C@@]21C)C5)C1=CC(C)(C)OC(C)(C)C1[C@@H]3O. The van der Waals surface area contributed by atoms with Gasteiger partial charge in [0.25, 0.3) is 0 Å². The molecule has 244 valence electrons. The molecule has 0 spiro atoms. The molecule has 4 unspecified atom stereocenters. The van der Waals surface area contributed by atoms with Crippen molar-refractivity contribution in [1.82, 2.24) is 4.57 Å². The van der Waals surface area contributed by atoms with Gasteiger partial charge in [-0.1, -0.05) is 39.0 Å². The number of aromatic nitrogens is 1. The number of hydrogen-bond donors (Lipinski definition) is 2. The molecule has 2 fully saturated rings. The molecule has 0 radical (unpaired) electrons. The molecule has 6 heteroatoms. The second-order valence-corrected chi connectivity index (χ2v) is 17.3. The van der Waals surface area contributed by atoms with Crippen molar-refractivity contribution >= 4 is 28.5 Å². The van der Waals surface area contributed by atoms with Crippen molar-refractivity contribution in [2.45, 2.75) is 122 Å². The summed E-state index contributed by atoms with van der Waals surface area (Å²) in [6.07, 6.45) is 9.68. The van der Waals surface area contributed by atoms with Gasteiger partial charge in [0.2, 0.25) is 0 Å². The summed E-state index contributed by atoms with van der Waals surface area (Å²) in [4.78, 5) is 26.2. The van der Waals surface area contributed by atoms with Crippen LogP contribution in [-0.4, -0.2) is 44.2 Å². The highest BCUT2D eigenvalue weighted by Gasteiger charge is 2.67. The highest BCUT2D eigenvalue weighted by Crippen LogP contribution is 2.71. The molecule has 3 heterocycles. The van der Waals surface area contributed by atoms with E-state index in [9.17, 15) is 19.8 Å².